The van der Waals surface area contributed by atoms with Crippen LogP contribution in [-0.2, 0) is 4.74 Å². The molecule has 0 N–H and O–H groups in total. The molecule has 0 aliphatic heterocycles. The van der Waals surface area contributed by atoms with E-state index in [4.69, 9.17) is 13.3 Å². The van der Waals surface area contributed by atoms with E-state index in [2.05, 4.69) is 14.9 Å². The van der Waals surface area contributed by atoms with Gasteiger partial charge in [0.2, 0.25) is 5.76 Å². The lowest BCUT2D eigenvalue weighted by atomic mass is 10.3. The van der Waals surface area contributed by atoms with Crippen LogP contribution in [0.2, 0.25) is 0 Å². The van der Waals surface area contributed by atoms with Gasteiger partial charge >= 0.3 is 5.97 Å². The van der Waals surface area contributed by atoms with Crippen molar-refractivity contribution in [1.29, 1.82) is 0 Å². The van der Waals surface area contributed by atoms with E-state index in [9.17, 15) is 4.79 Å². The molecule has 0 saturated heterocycles. The van der Waals surface area contributed by atoms with E-state index in [0.717, 1.165) is 5.56 Å². The number of rotatable bonds is 5. The minimum atomic E-state index is -0.510. The van der Waals surface area contributed by atoms with Crippen LogP contribution in [0.3, 0.4) is 0 Å². The lowest BCUT2D eigenvalue weighted by Gasteiger charge is -2.04. The number of nitrogens with zero attached hydrogens (tertiary/aromatic N) is 2. The molecule has 3 aromatic heterocycles. The summed E-state index contributed by atoms with van der Waals surface area (Å²) in [5.74, 6) is 1.39. The number of furan rings is 2. The number of methoxy groups -OCH3 is 1. The van der Waals surface area contributed by atoms with Gasteiger partial charge in [-0.25, -0.2) is 4.79 Å². The van der Waals surface area contributed by atoms with Crippen molar-refractivity contribution in [2.45, 2.75) is 24.3 Å². The smallest absolute Gasteiger partial charge is 0.373 e. The first-order valence-electron chi connectivity index (χ1n) is 6.81. The maximum atomic E-state index is 11.4. The highest BCUT2D eigenvalue weighted by molar-refractivity contribution is 7.99. The number of aromatic nitrogens is 2. The van der Waals surface area contributed by atoms with Crippen molar-refractivity contribution in [1.82, 2.24) is 10.2 Å². The van der Waals surface area contributed by atoms with Crippen molar-refractivity contribution >= 4 is 17.7 Å². The molecule has 0 fully saturated rings. The van der Waals surface area contributed by atoms with Crippen molar-refractivity contribution < 1.29 is 22.8 Å². The molecule has 120 valence electrons. The molecule has 0 bridgehead atoms. The lowest BCUT2D eigenvalue weighted by Crippen LogP contribution is -1.98. The third-order valence-corrected chi connectivity index (χ3v) is 4.14. The normalized spacial score (nSPS) is 12.3. The second-order valence-corrected chi connectivity index (χ2v) is 6.01. The van der Waals surface area contributed by atoms with Crippen LogP contribution >= 0.6 is 11.8 Å². The van der Waals surface area contributed by atoms with Gasteiger partial charge in [-0.3, -0.25) is 0 Å². The molecule has 3 heterocycles. The fourth-order valence-corrected chi connectivity index (χ4v) is 2.72. The first kappa shape index (κ1) is 15.4. The van der Waals surface area contributed by atoms with E-state index < -0.39 is 5.97 Å². The van der Waals surface area contributed by atoms with Crippen molar-refractivity contribution in [2.24, 2.45) is 0 Å². The molecule has 1 atom stereocenters. The SMILES string of the molecule is COC(=O)c1ccc(C(C)Sc2nnc(-c3ccoc3C)o2)o1. The lowest BCUT2D eigenvalue weighted by molar-refractivity contribution is 0.0563. The van der Waals surface area contributed by atoms with Crippen molar-refractivity contribution in [2.75, 3.05) is 7.11 Å². The van der Waals surface area contributed by atoms with Crippen LogP contribution in [0.5, 0.6) is 0 Å². The van der Waals surface area contributed by atoms with Crippen LogP contribution in [0.15, 0.2) is 42.9 Å². The van der Waals surface area contributed by atoms with Gasteiger partial charge in [0.05, 0.1) is 24.2 Å². The Morgan fingerprint density at radius 3 is 2.78 bits per heavy atom. The molecule has 7 nitrogen and oxygen atoms in total. The highest BCUT2D eigenvalue weighted by Crippen LogP contribution is 2.36. The predicted molar refractivity (Wildman–Crippen MR) is 81.1 cm³/mol. The third kappa shape index (κ3) is 3.16. The van der Waals surface area contributed by atoms with E-state index in [-0.39, 0.29) is 11.0 Å². The number of hydrogen-bond donors (Lipinski definition) is 0. The maximum absolute atomic E-state index is 11.4. The van der Waals surface area contributed by atoms with E-state index >= 15 is 0 Å². The molecule has 3 rings (SSSR count). The number of carbonyl (C=O) groups excluding carboxylic acids is 1. The van der Waals surface area contributed by atoms with Gasteiger partial charge in [-0.2, -0.15) is 0 Å². The summed E-state index contributed by atoms with van der Waals surface area (Å²) in [6.45, 7) is 3.74. The summed E-state index contributed by atoms with van der Waals surface area (Å²) >= 11 is 1.34. The standard InChI is InChI=1S/C15H14N2O5S/c1-8-10(6-7-20-8)13-16-17-15(22-13)23-9(2)11-4-5-12(21-11)14(18)19-3/h4-7,9H,1-3H3. The quantitative estimate of drug-likeness (QED) is 0.513. The van der Waals surface area contributed by atoms with E-state index in [0.29, 0.717) is 22.6 Å². The number of thioether (sulfide) groups is 1. The van der Waals surface area contributed by atoms with Gasteiger partial charge in [0, 0.05) is 0 Å². The summed E-state index contributed by atoms with van der Waals surface area (Å²) in [7, 11) is 1.31. The van der Waals surface area contributed by atoms with Gasteiger partial charge in [-0.15, -0.1) is 10.2 Å². The molecule has 1 unspecified atom stereocenters. The molecule has 3 aromatic rings. The van der Waals surface area contributed by atoms with E-state index in [1.807, 2.05) is 13.8 Å². The Kier molecular flexibility index (Phi) is 4.24. The second-order valence-electron chi connectivity index (χ2n) is 4.72. The highest BCUT2D eigenvalue weighted by atomic mass is 32.2. The van der Waals surface area contributed by atoms with Crippen molar-refractivity contribution in [3.05, 3.63) is 41.7 Å². The van der Waals surface area contributed by atoms with Crippen LogP contribution in [0.25, 0.3) is 11.5 Å². The van der Waals surface area contributed by atoms with Gasteiger partial charge in [0.1, 0.15) is 11.5 Å². The largest absolute Gasteiger partial charge is 0.469 e. The maximum Gasteiger partial charge on any atom is 0.373 e. The van der Waals surface area contributed by atoms with Gasteiger partial charge in [0.15, 0.2) is 0 Å². The first-order chi connectivity index (χ1) is 11.1. The molecule has 0 amide bonds. The Morgan fingerprint density at radius 1 is 1.26 bits per heavy atom. The van der Waals surface area contributed by atoms with Gasteiger partial charge in [0.25, 0.3) is 11.1 Å². The van der Waals surface area contributed by atoms with Crippen LogP contribution in [0.4, 0.5) is 0 Å². The molecule has 0 radical (unpaired) electrons. The van der Waals surface area contributed by atoms with Crippen LogP contribution in [-0.4, -0.2) is 23.3 Å². The molecular formula is C15H14N2O5S. The summed E-state index contributed by atoms with van der Waals surface area (Å²) in [5, 5.41) is 8.32. The Hall–Kier alpha value is -2.48. The Labute approximate surface area is 136 Å². The minimum absolute atomic E-state index is 0.104. The zero-order valence-electron chi connectivity index (χ0n) is 12.7. The number of esters is 1. The fraction of sp³-hybridized carbons (Fsp3) is 0.267. The van der Waals surface area contributed by atoms with Gasteiger partial charge in [-0.1, -0.05) is 11.8 Å². The van der Waals surface area contributed by atoms with Crippen molar-refractivity contribution in [3.63, 3.8) is 0 Å². The number of carbonyl (C=O) groups is 1. The Balaban J connectivity index is 1.72. The van der Waals surface area contributed by atoms with Crippen LogP contribution in [0, 0.1) is 6.92 Å². The number of aryl methyl sites for hydroxylation is 1. The predicted octanol–water partition coefficient (Wildman–Crippen LogP) is 3.87. The summed E-state index contributed by atoms with van der Waals surface area (Å²) in [5.41, 5.74) is 0.767. The Bertz CT molecular complexity index is 819. The zero-order valence-corrected chi connectivity index (χ0v) is 13.5. The average Bonchev–Trinajstić information content (AvgIpc) is 3.26. The van der Waals surface area contributed by atoms with Crippen LogP contribution < -0.4 is 0 Å². The summed E-state index contributed by atoms with van der Waals surface area (Å²) in [6.07, 6.45) is 1.57. The molecule has 23 heavy (non-hydrogen) atoms. The van der Waals surface area contributed by atoms with Crippen molar-refractivity contribution in [3.8, 4) is 11.5 Å². The topological polar surface area (TPSA) is 91.5 Å². The molecule has 0 aliphatic rings. The molecular weight excluding hydrogens is 320 g/mol. The molecule has 0 spiro atoms. The zero-order chi connectivity index (χ0) is 16.4. The summed E-state index contributed by atoms with van der Waals surface area (Å²) in [6, 6.07) is 5.07. The van der Waals surface area contributed by atoms with E-state index in [1.165, 1.54) is 18.9 Å². The summed E-state index contributed by atoms with van der Waals surface area (Å²) in [4.78, 5) is 11.4. The molecule has 0 aromatic carbocycles. The first-order valence-corrected chi connectivity index (χ1v) is 7.69. The van der Waals surface area contributed by atoms with Gasteiger partial charge in [-0.05, 0) is 32.0 Å². The molecule has 0 saturated carbocycles. The second kappa shape index (κ2) is 6.33. The average molecular weight is 334 g/mol. The summed E-state index contributed by atoms with van der Waals surface area (Å²) < 4.78 is 20.9. The fourth-order valence-electron chi connectivity index (χ4n) is 1.96. The highest BCUT2D eigenvalue weighted by Gasteiger charge is 2.20. The number of hydrogen-bond acceptors (Lipinski definition) is 8. The molecule has 0 aliphatic carbocycles. The number of ether oxygens (including phenoxy) is 1. The third-order valence-electron chi connectivity index (χ3n) is 3.19. The van der Waals surface area contributed by atoms with E-state index in [1.54, 1.807) is 24.5 Å². The monoisotopic (exact) mass is 334 g/mol. The minimum Gasteiger partial charge on any atom is -0.469 e. The van der Waals surface area contributed by atoms with Gasteiger partial charge < -0.3 is 18.0 Å². The Morgan fingerprint density at radius 2 is 2.09 bits per heavy atom. The van der Waals surface area contributed by atoms with Crippen LogP contribution in [0.1, 0.15) is 34.2 Å². The molecule has 8 heteroatoms.